The molecule has 0 unspecified atom stereocenters. The number of ether oxygens (including phenoxy) is 2. The van der Waals surface area contributed by atoms with Crippen molar-refractivity contribution in [3.05, 3.63) is 77.2 Å². The van der Waals surface area contributed by atoms with E-state index in [0.717, 1.165) is 41.2 Å². The van der Waals surface area contributed by atoms with Crippen molar-refractivity contribution in [1.29, 1.82) is 5.26 Å². The standard InChI is InChI=1S/C26H28N4O3S/c27-17-22-16-21(5-6-25(22)33-23-8-13-32-14-9-23)24-7-10-28-26(30-24)15-19-1-3-20(4-2-19)18-34-29-11-12-31/h1-7,10,16,23,29,31H,8-9,11-15,18H2. The molecule has 1 aliphatic rings. The second-order valence-electron chi connectivity index (χ2n) is 8.01. The first-order valence-corrected chi connectivity index (χ1v) is 12.4. The van der Waals surface area contributed by atoms with E-state index in [0.29, 0.717) is 37.5 Å². The predicted molar refractivity (Wildman–Crippen MR) is 132 cm³/mol. The van der Waals surface area contributed by atoms with E-state index in [4.69, 9.17) is 19.6 Å². The molecular weight excluding hydrogens is 448 g/mol. The van der Waals surface area contributed by atoms with Gasteiger partial charge in [0, 0.05) is 43.3 Å². The minimum Gasteiger partial charge on any atom is -0.489 e. The summed E-state index contributed by atoms with van der Waals surface area (Å²) < 4.78 is 14.6. The van der Waals surface area contributed by atoms with Gasteiger partial charge in [-0.25, -0.2) is 9.97 Å². The Labute approximate surface area is 204 Å². The Balaban J connectivity index is 1.42. The van der Waals surface area contributed by atoms with Crippen molar-refractivity contribution in [3.8, 4) is 23.1 Å². The van der Waals surface area contributed by atoms with Gasteiger partial charge in [-0.2, -0.15) is 5.26 Å². The molecule has 2 aromatic carbocycles. The molecule has 0 amide bonds. The molecule has 0 aliphatic carbocycles. The van der Waals surface area contributed by atoms with Crippen LogP contribution >= 0.6 is 11.9 Å². The Bertz CT molecular complexity index is 1110. The van der Waals surface area contributed by atoms with Crippen LogP contribution in [-0.2, 0) is 16.9 Å². The monoisotopic (exact) mass is 476 g/mol. The summed E-state index contributed by atoms with van der Waals surface area (Å²) in [7, 11) is 0. The lowest BCUT2D eigenvalue weighted by molar-refractivity contribution is 0.0254. The van der Waals surface area contributed by atoms with Crippen LogP contribution in [0.15, 0.2) is 54.7 Å². The third-order valence-electron chi connectivity index (χ3n) is 5.50. The van der Waals surface area contributed by atoms with Crippen molar-refractivity contribution in [2.45, 2.75) is 31.1 Å². The molecule has 0 atom stereocenters. The van der Waals surface area contributed by atoms with Gasteiger partial charge in [0.25, 0.3) is 0 Å². The van der Waals surface area contributed by atoms with Crippen molar-refractivity contribution in [2.24, 2.45) is 0 Å². The molecule has 1 fully saturated rings. The summed E-state index contributed by atoms with van der Waals surface area (Å²) in [6.45, 7) is 2.10. The van der Waals surface area contributed by atoms with Gasteiger partial charge >= 0.3 is 0 Å². The number of benzene rings is 2. The Morgan fingerprint density at radius 2 is 1.91 bits per heavy atom. The van der Waals surface area contributed by atoms with Crippen LogP contribution in [-0.4, -0.2) is 47.5 Å². The highest BCUT2D eigenvalue weighted by Gasteiger charge is 2.17. The summed E-state index contributed by atoms with van der Waals surface area (Å²) in [6, 6.07) is 18.1. The van der Waals surface area contributed by atoms with Gasteiger partial charge in [0.05, 0.1) is 31.1 Å². The topological polar surface area (TPSA) is 100 Å². The highest BCUT2D eigenvalue weighted by atomic mass is 32.2. The van der Waals surface area contributed by atoms with Crippen molar-refractivity contribution in [3.63, 3.8) is 0 Å². The summed E-state index contributed by atoms with van der Waals surface area (Å²) in [5.41, 5.74) is 4.49. The van der Waals surface area contributed by atoms with Crippen molar-refractivity contribution in [1.82, 2.24) is 14.7 Å². The fourth-order valence-corrected chi connectivity index (χ4v) is 4.38. The molecule has 176 valence electrons. The Morgan fingerprint density at radius 3 is 2.68 bits per heavy atom. The first-order valence-electron chi connectivity index (χ1n) is 11.4. The molecular formula is C26H28N4O3S. The summed E-state index contributed by atoms with van der Waals surface area (Å²) in [5, 5.41) is 18.5. The van der Waals surface area contributed by atoms with E-state index in [1.165, 1.54) is 5.56 Å². The van der Waals surface area contributed by atoms with Crippen LogP contribution in [0.3, 0.4) is 0 Å². The molecule has 1 aliphatic heterocycles. The van der Waals surface area contributed by atoms with Crippen LogP contribution in [0.5, 0.6) is 5.75 Å². The molecule has 7 nitrogen and oxygen atoms in total. The summed E-state index contributed by atoms with van der Waals surface area (Å²) >= 11 is 1.58. The molecule has 2 N–H and O–H groups in total. The number of aliphatic hydroxyl groups is 1. The first kappa shape index (κ1) is 24.2. The van der Waals surface area contributed by atoms with Crippen molar-refractivity contribution >= 4 is 11.9 Å². The third-order valence-corrected chi connectivity index (χ3v) is 6.39. The van der Waals surface area contributed by atoms with Gasteiger partial charge in [0.2, 0.25) is 0 Å². The molecule has 0 radical (unpaired) electrons. The Hall–Kier alpha value is -2.96. The number of hydrogen-bond donors (Lipinski definition) is 2. The largest absolute Gasteiger partial charge is 0.489 e. The molecule has 1 aromatic heterocycles. The molecule has 3 aromatic rings. The first-order chi connectivity index (χ1) is 16.7. The van der Waals surface area contributed by atoms with Crippen LogP contribution in [0.2, 0.25) is 0 Å². The van der Waals surface area contributed by atoms with E-state index >= 15 is 0 Å². The van der Waals surface area contributed by atoms with E-state index in [1.54, 1.807) is 18.1 Å². The fraction of sp³-hybridized carbons (Fsp3) is 0.346. The number of aromatic nitrogens is 2. The lowest BCUT2D eigenvalue weighted by Gasteiger charge is -2.23. The quantitative estimate of drug-likeness (QED) is 0.336. The van der Waals surface area contributed by atoms with Crippen LogP contribution in [0.1, 0.15) is 35.4 Å². The smallest absolute Gasteiger partial charge is 0.137 e. The third kappa shape index (κ3) is 6.78. The molecule has 34 heavy (non-hydrogen) atoms. The van der Waals surface area contributed by atoms with E-state index < -0.39 is 0 Å². The molecule has 0 spiro atoms. The summed E-state index contributed by atoms with van der Waals surface area (Å²) in [4.78, 5) is 9.18. The van der Waals surface area contributed by atoms with Gasteiger partial charge in [0.15, 0.2) is 0 Å². The van der Waals surface area contributed by atoms with Crippen LogP contribution in [0, 0.1) is 11.3 Å². The number of nitriles is 1. The van der Waals surface area contributed by atoms with Gasteiger partial charge in [-0.05, 0) is 35.4 Å². The molecule has 0 saturated carbocycles. The maximum Gasteiger partial charge on any atom is 0.137 e. The maximum absolute atomic E-state index is 9.67. The molecule has 1 saturated heterocycles. The SMILES string of the molecule is N#Cc1cc(-c2ccnc(Cc3ccc(CSNCCO)cc3)n2)ccc1OC1CCOCC1. The van der Waals surface area contributed by atoms with Gasteiger partial charge in [-0.3, -0.25) is 4.72 Å². The zero-order valence-electron chi connectivity index (χ0n) is 18.9. The van der Waals surface area contributed by atoms with Gasteiger partial charge in [-0.1, -0.05) is 36.2 Å². The van der Waals surface area contributed by atoms with Gasteiger partial charge in [0.1, 0.15) is 23.7 Å². The predicted octanol–water partition coefficient (Wildman–Crippen LogP) is 3.89. The van der Waals surface area contributed by atoms with Crippen molar-refractivity contribution in [2.75, 3.05) is 26.4 Å². The Morgan fingerprint density at radius 1 is 1.12 bits per heavy atom. The highest BCUT2D eigenvalue weighted by molar-refractivity contribution is 7.96. The molecule has 2 heterocycles. The minimum atomic E-state index is 0.0825. The average Bonchev–Trinajstić information content (AvgIpc) is 2.88. The number of rotatable bonds is 10. The zero-order chi connectivity index (χ0) is 23.6. The van der Waals surface area contributed by atoms with Crippen LogP contribution in [0.25, 0.3) is 11.3 Å². The average molecular weight is 477 g/mol. The fourth-order valence-electron chi connectivity index (χ4n) is 3.69. The molecule has 8 heteroatoms. The maximum atomic E-state index is 9.67. The van der Waals surface area contributed by atoms with Crippen LogP contribution in [0.4, 0.5) is 0 Å². The number of nitrogens with one attached hydrogen (secondary N) is 1. The molecule has 4 rings (SSSR count). The summed E-state index contributed by atoms with van der Waals surface area (Å²) in [6.07, 6.45) is 4.14. The Kier molecular flexibility index (Phi) is 8.88. The number of nitrogens with zero attached hydrogens (tertiary/aromatic N) is 3. The lowest BCUT2D eigenvalue weighted by atomic mass is 10.1. The van der Waals surface area contributed by atoms with E-state index in [1.807, 2.05) is 24.3 Å². The van der Waals surface area contributed by atoms with E-state index in [9.17, 15) is 5.26 Å². The second kappa shape index (κ2) is 12.5. The van der Waals surface area contributed by atoms with Crippen LogP contribution < -0.4 is 9.46 Å². The van der Waals surface area contributed by atoms with Gasteiger partial charge in [-0.15, -0.1) is 0 Å². The number of aliphatic hydroxyl groups excluding tert-OH is 1. The van der Waals surface area contributed by atoms with E-state index in [-0.39, 0.29) is 12.7 Å². The normalized spacial score (nSPS) is 14.0. The lowest BCUT2D eigenvalue weighted by Crippen LogP contribution is -2.26. The van der Waals surface area contributed by atoms with E-state index in [2.05, 4.69) is 40.0 Å². The number of hydrogen-bond acceptors (Lipinski definition) is 8. The summed E-state index contributed by atoms with van der Waals surface area (Å²) in [5.74, 6) is 2.17. The minimum absolute atomic E-state index is 0.0825. The highest BCUT2D eigenvalue weighted by Crippen LogP contribution is 2.27. The van der Waals surface area contributed by atoms with Crippen molar-refractivity contribution < 1.29 is 14.6 Å². The second-order valence-corrected chi connectivity index (χ2v) is 8.88. The zero-order valence-corrected chi connectivity index (χ0v) is 19.8. The van der Waals surface area contributed by atoms with Gasteiger partial charge < -0.3 is 14.6 Å². The molecule has 0 bridgehead atoms.